The maximum Gasteiger partial charge on any atom is 0.227 e. The Hall–Kier alpha value is -2.10. The van der Waals surface area contributed by atoms with Crippen molar-refractivity contribution in [1.29, 1.82) is 0 Å². The van der Waals surface area contributed by atoms with E-state index in [9.17, 15) is 4.79 Å². The Morgan fingerprint density at radius 2 is 2.04 bits per heavy atom. The number of nitrogens with one attached hydrogen (secondary N) is 1. The zero-order chi connectivity index (χ0) is 16.8. The summed E-state index contributed by atoms with van der Waals surface area (Å²) in [5.41, 5.74) is 2.46. The number of rotatable bonds is 6. The first-order chi connectivity index (χ1) is 11.8. The molecule has 0 unspecified atom stereocenters. The van der Waals surface area contributed by atoms with Crippen molar-refractivity contribution < 1.29 is 4.79 Å². The van der Waals surface area contributed by atoms with E-state index in [1.807, 2.05) is 11.1 Å². The van der Waals surface area contributed by atoms with Crippen molar-refractivity contribution in [1.82, 2.24) is 14.9 Å². The topological polar surface area (TPSA) is 49.0 Å². The molecule has 24 heavy (non-hydrogen) atoms. The molecule has 0 saturated carbocycles. The Morgan fingerprint density at radius 1 is 1.25 bits per heavy atom. The number of carbonyl (C=O) groups is 1. The summed E-state index contributed by atoms with van der Waals surface area (Å²) in [4.78, 5) is 22.4. The minimum atomic E-state index is 0.102. The summed E-state index contributed by atoms with van der Waals surface area (Å²) in [5, 5.41) is 0. The van der Waals surface area contributed by atoms with Gasteiger partial charge in [0, 0.05) is 18.9 Å². The van der Waals surface area contributed by atoms with Crippen LogP contribution in [0.15, 0.2) is 36.7 Å². The van der Waals surface area contributed by atoms with Crippen LogP contribution in [0.4, 0.5) is 0 Å². The molecule has 1 saturated heterocycles. The number of aromatic nitrogens is 2. The van der Waals surface area contributed by atoms with Gasteiger partial charge in [-0.25, -0.2) is 4.98 Å². The third-order valence-electron chi connectivity index (χ3n) is 4.86. The van der Waals surface area contributed by atoms with Crippen LogP contribution in [-0.2, 0) is 17.6 Å². The number of nitrogens with zero attached hydrogens (tertiary/aromatic N) is 2. The summed E-state index contributed by atoms with van der Waals surface area (Å²) in [6.45, 7) is 3.04. The number of H-pyrrole nitrogens is 1. The molecule has 1 aliphatic heterocycles. The van der Waals surface area contributed by atoms with Crippen LogP contribution in [0, 0.1) is 0 Å². The quantitative estimate of drug-likeness (QED) is 0.871. The molecule has 4 nitrogen and oxygen atoms in total. The van der Waals surface area contributed by atoms with Crippen LogP contribution in [0.25, 0.3) is 0 Å². The summed E-state index contributed by atoms with van der Waals surface area (Å²) in [5.74, 6) is 1.12. The van der Waals surface area contributed by atoms with E-state index in [2.05, 4.69) is 41.2 Å². The summed E-state index contributed by atoms with van der Waals surface area (Å²) in [7, 11) is 0. The van der Waals surface area contributed by atoms with Crippen molar-refractivity contribution in [2.45, 2.75) is 57.9 Å². The van der Waals surface area contributed by atoms with E-state index in [1.54, 1.807) is 6.20 Å². The maximum absolute atomic E-state index is 12.8. The van der Waals surface area contributed by atoms with E-state index >= 15 is 0 Å². The fraction of sp³-hybridized carbons (Fsp3) is 0.500. The van der Waals surface area contributed by atoms with Gasteiger partial charge in [0.25, 0.3) is 0 Å². The van der Waals surface area contributed by atoms with E-state index < -0.39 is 0 Å². The average molecular weight is 325 g/mol. The predicted molar refractivity (Wildman–Crippen MR) is 95.7 cm³/mol. The number of unbranched alkanes of at least 4 members (excludes halogenated alkanes) is 1. The minimum Gasteiger partial charge on any atom is -0.347 e. The lowest BCUT2D eigenvalue weighted by molar-refractivity contribution is -0.134. The summed E-state index contributed by atoms with van der Waals surface area (Å²) in [6.07, 6.45) is 10.9. The van der Waals surface area contributed by atoms with Crippen LogP contribution in [-0.4, -0.2) is 27.3 Å². The van der Waals surface area contributed by atoms with E-state index in [-0.39, 0.29) is 11.9 Å². The van der Waals surface area contributed by atoms with E-state index in [1.165, 1.54) is 18.4 Å². The van der Waals surface area contributed by atoms with Gasteiger partial charge in [-0.15, -0.1) is 0 Å². The first kappa shape index (κ1) is 16.7. The van der Waals surface area contributed by atoms with Crippen molar-refractivity contribution in [3.05, 3.63) is 53.6 Å². The van der Waals surface area contributed by atoms with E-state index in [0.717, 1.165) is 43.6 Å². The molecule has 0 bridgehead atoms. The van der Waals surface area contributed by atoms with Crippen LogP contribution < -0.4 is 0 Å². The molecule has 128 valence electrons. The molecular weight excluding hydrogens is 298 g/mol. The summed E-state index contributed by atoms with van der Waals surface area (Å²) >= 11 is 0. The van der Waals surface area contributed by atoms with Crippen LogP contribution in [0.1, 0.15) is 62.0 Å². The first-order valence-corrected chi connectivity index (χ1v) is 9.14. The smallest absolute Gasteiger partial charge is 0.227 e. The number of carbonyl (C=O) groups excluding carboxylic acids is 1. The number of likely N-dealkylation sites (tertiary alicyclic amines) is 1. The molecule has 1 aliphatic rings. The highest BCUT2D eigenvalue weighted by Crippen LogP contribution is 2.29. The van der Waals surface area contributed by atoms with Crippen LogP contribution >= 0.6 is 0 Å². The minimum absolute atomic E-state index is 0.102. The fourth-order valence-corrected chi connectivity index (χ4v) is 3.45. The van der Waals surface area contributed by atoms with Crippen molar-refractivity contribution >= 4 is 5.91 Å². The number of aromatic amines is 1. The molecule has 0 radical (unpaired) electrons. The summed E-state index contributed by atoms with van der Waals surface area (Å²) in [6, 6.07) is 8.64. The lowest BCUT2D eigenvalue weighted by Gasteiger charge is -2.34. The van der Waals surface area contributed by atoms with Crippen molar-refractivity contribution in [3.8, 4) is 0 Å². The standard InChI is InChI=1S/C20H27N3O/c1-2-3-6-16-8-10-17(11-9-16)15-19(24)23-14-5-4-7-18(23)20-21-12-13-22-20/h8-13,18H,2-7,14-15H2,1H3,(H,21,22)/t18-/m1/s1. The first-order valence-electron chi connectivity index (χ1n) is 9.14. The molecule has 2 heterocycles. The van der Waals surface area contributed by atoms with Crippen LogP contribution in [0.3, 0.4) is 0 Å². The number of piperidine rings is 1. The average Bonchev–Trinajstić information content (AvgIpc) is 3.15. The van der Waals surface area contributed by atoms with Gasteiger partial charge in [0.05, 0.1) is 12.5 Å². The highest BCUT2D eigenvalue weighted by molar-refractivity contribution is 5.79. The summed E-state index contributed by atoms with van der Waals surface area (Å²) < 4.78 is 0. The Balaban J connectivity index is 1.64. The molecule has 1 amide bonds. The fourth-order valence-electron chi connectivity index (χ4n) is 3.45. The van der Waals surface area contributed by atoms with Gasteiger partial charge in [-0.3, -0.25) is 4.79 Å². The number of benzene rings is 1. The second-order valence-electron chi connectivity index (χ2n) is 6.67. The molecule has 1 N–H and O–H groups in total. The molecule has 2 aromatic rings. The predicted octanol–water partition coefficient (Wildman–Crippen LogP) is 4.05. The van der Waals surface area contributed by atoms with Gasteiger partial charge >= 0.3 is 0 Å². The molecule has 1 fully saturated rings. The Labute approximate surface area is 144 Å². The number of hydrogen-bond donors (Lipinski definition) is 1. The number of imidazole rings is 1. The number of amides is 1. The van der Waals surface area contributed by atoms with Gasteiger partial charge in [-0.2, -0.15) is 0 Å². The molecule has 1 aromatic heterocycles. The lowest BCUT2D eigenvalue weighted by atomic mass is 9.99. The molecule has 0 aliphatic carbocycles. The van der Waals surface area contributed by atoms with Gasteiger partial charge in [0.1, 0.15) is 5.82 Å². The monoisotopic (exact) mass is 325 g/mol. The van der Waals surface area contributed by atoms with Crippen LogP contribution in [0.5, 0.6) is 0 Å². The van der Waals surface area contributed by atoms with Crippen molar-refractivity contribution in [2.75, 3.05) is 6.54 Å². The van der Waals surface area contributed by atoms with E-state index in [4.69, 9.17) is 0 Å². The van der Waals surface area contributed by atoms with Gasteiger partial charge in [0.2, 0.25) is 5.91 Å². The molecule has 4 heteroatoms. The van der Waals surface area contributed by atoms with Gasteiger partial charge in [-0.05, 0) is 43.2 Å². The van der Waals surface area contributed by atoms with Crippen LogP contribution in [0.2, 0.25) is 0 Å². The third kappa shape index (κ3) is 4.05. The van der Waals surface area contributed by atoms with Crippen molar-refractivity contribution in [3.63, 3.8) is 0 Å². The van der Waals surface area contributed by atoms with Gasteiger partial charge < -0.3 is 9.88 Å². The Bertz CT molecular complexity index is 633. The zero-order valence-corrected chi connectivity index (χ0v) is 14.5. The largest absolute Gasteiger partial charge is 0.347 e. The molecule has 1 aromatic carbocycles. The number of aryl methyl sites for hydroxylation is 1. The molecule has 3 rings (SSSR count). The SMILES string of the molecule is CCCCc1ccc(CC(=O)N2CCCC[C@@H]2c2ncc[nH]2)cc1. The highest BCUT2D eigenvalue weighted by Gasteiger charge is 2.29. The number of hydrogen-bond acceptors (Lipinski definition) is 2. The second kappa shape index (κ2) is 8.13. The zero-order valence-electron chi connectivity index (χ0n) is 14.5. The molecule has 0 spiro atoms. The van der Waals surface area contributed by atoms with Gasteiger partial charge in [-0.1, -0.05) is 37.6 Å². The van der Waals surface area contributed by atoms with Gasteiger partial charge in [0.15, 0.2) is 0 Å². The normalized spacial score (nSPS) is 17.9. The van der Waals surface area contributed by atoms with Crippen molar-refractivity contribution in [2.24, 2.45) is 0 Å². The Morgan fingerprint density at radius 3 is 2.75 bits per heavy atom. The second-order valence-corrected chi connectivity index (χ2v) is 6.67. The lowest BCUT2D eigenvalue weighted by Crippen LogP contribution is -2.39. The molecule has 1 atom stereocenters. The highest BCUT2D eigenvalue weighted by atomic mass is 16.2. The van der Waals surface area contributed by atoms with E-state index in [0.29, 0.717) is 6.42 Å². The maximum atomic E-state index is 12.8. The Kier molecular flexibility index (Phi) is 5.68. The molecular formula is C20H27N3O. The third-order valence-corrected chi connectivity index (χ3v) is 4.86.